The average molecular weight is 878 g/mol. The van der Waals surface area contributed by atoms with Crippen molar-refractivity contribution in [2.45, 2.75) is 56.6 Å². The number of rotatable bonds is 14. The Morgan fingerprint density at radius 1 is 1.13 bits per heavy atom. The van der Waals surface area contributed by atoms with Crippen LogP contribution in [-0.4, -0.2) is 99.2 Å². The Labute approximate surface area is 352 Å². The predicted molar refractivity (Wildman–Crippen MR) is 211 cm³/mol. The SMILES string of the molecule is CC1(C)[C@H](C=C(Cl)Cl)[C@H]1C(=O)O[C@@H](C#N)c1ccc(F)c(Oc2ccccc2)c1.CNCC(=O)N[C@H](CO)C(=O)N[C@H]1[C@H](O)[C@@H](O)[C@H](n2ccc(N)nc2=O)O[C@@H]1C(N)=O. The molecule has 1 saturated carbocycles. The van der Waals surface area contributed by atoms with Crippen LogP contribution in [0, 0.1) is 34.4 Å². The number of halogens is 3. The number of ether oxygens (including phenoxy) is 3. The lowest BCUT2D eigenvalue weighted by Gasteiger charge is -2.42. The largest absolute Gasteiger partial charge is 0.454 e. The summed E-state index contributed by atoms with van der Waals surface area (Å²) in [6, 6.07) is 12.8. The smallest absolute Gasteiger partial charge is 0.351 e. The van der Waals surface area contributed by atoms with Gasteiger partial charge in [0.25, 0.3) is 0 Å². The van der Waals surface area contributed by atoms with Crippen molar-refractivity contribution in [1.82, 2.24) is 25.5 Å². The maximum Gasteiger partial charge on any atom is 0.351 e. The number of carbonyl (C=O) groups is 4. The number of primary amides is 1. The normalized spacial score (nSPS) is 23.5. The van der Waals surface area contributed by atoms with Gasteiger partial charge in [0.1, 0.15) is 40.4 Å². The number of allylic oxidation sites excluding steroid dienone is 1. The summed E-state index contributed by atoms with van der Waals surface area (Å²) in [4.78, 5) is 64.2. The number of hydrogen-bond donors (Lipinski definition) is 8. The van der Waals surface area contributed by atoms with E-state index >= 15 is 0 Å². The van der Waals surface area contributed by atoms with Gasteiger partial charge in [0, 0.05) is 11.8 Å². The Kier molecular flexibility index (Phi) is 16.1. The van der Waals surface area contributed by atoms with Crippen molar-refractivity contribution in [3.63, 3.8) is 0 Å². The van der Waals surface area contributed by atoms with Crippen LogP contribution in [0.15, 0.2) is 76.2 Å². The van der Waals surface area contributed by atoms with Crippen molar-refractivity contribution in [2.75, 3.05) is 25.9 Å². The van der Waals surface area contributed by atoms with Gasteiger partial charge in [0.05, 0.1) is 25.1 Å². The first-order chi connectivity index (χ1) is 28.3. The molecule has 1 aromatic heterocycles. The highest BCUT2D eigenvalue weighted by Crippen LogP contribution is 2.60. The number of nitrogens with one attached hydrogen (secondary N) is 3. The van der Waals surface area contributed by atoms with Gasteiger partial charge in [-0.2, -0.15) is 10.2 Å². The van der Waals surface area contributed by atoms with E-state index in [1.807, 2.05) is 26.0 Å². The molecule has 3 aromatic rings. The molecule has 10 N–H and O–H groups in total. The minimum absolute atomic E-state index is 0.0634. The summed E-state index contributed by atoms with van der Waals surface area (Å²) in [7, 11) is 1.50. The highest BCUT2D eigenvalue weighted by Gasteiger charge is 2.62. The van der Waals surface area contributed by atoms with E-state index in [4.69, 9.17) is 48.9 Å². The highest BCUT2D eigenvalue weighted by molar-refractivity contribution is 6.55. The Balaban J connectivity index is 0.000000265. The van der Waals surface area contributed by atoms with Crippen molar-refractivity contribution in [2.24, 2.45) is 23.0 Å². The summed E-state index contributed by atoms with van der Waals surface area (Å²) in [5.74, 6) is -4.17. The fourth-order valence-electron chi connectivity index (χ4n) is 6.30. The summed E-state index contributed by atoms with van der Waals surface area (Å²) < 4.78 is 31.4. The monoisotopic (exact) mass is 876 g/mol. The lowest BCUT2D eigenvalue weighted by Crippen LogP contribution is -2.67. The molecule has 1 aliphatic heterocycles. The van der Waals surface area contributed by atoms with Crippen LogP contribution in [-0.2, 0) is 28.7 Å². The van der Waals surface area contributed by atoms with Crippen LogP contribution in [0.2, 0.25) is 0 Å². The standard InChI is InChI=1S/C22H18Cl2FNO3.C16H25N7O8/c1-22(2)15(11-19(23)24)20(22)21(27)29-18(12-26)13-8-9-16(25)17(10-13)28-14-6-4-3-5-7-14;1-19-4-8(25)20-6(5-24)14(29)22-9-10(26)11(27)15(31-12(9)13(18)28)23-3-2-7(17)21-16(23)30/h3-11,15,18,20H,1-2H3;2-3,6,9-12,15,19,24,26-27H,4-5H2,1H3,(H2,18,28)(H,20,25)(H,22,29)(H2,17,21,30)/t15-,18+,20+;6-,9+,10+,11-,12+,15-/m11/s1. The molecule has 22 heteroatoms. The Morgan fingerprint density at radius 3 is 2.40 bits per heavy atom. The molecule has 0 bridgehead atoms. The molecule has 60 heavy (non-hydrogen) atoms. The molecule has 9 atom stereocenters. The van der Waals surface area contributed by atoms with Gasteiger partial charge in [0.2, 0.25) is 23.8 Å². The fraction of sp³-hybridized carbons (Fsp3) is 0.395. The molecule has 2 fully saturated rings. The molecular formula is C38H43Cl2FN8O11. The van der Waals surface area contributed by atoms with Gasteiger partial charge in [-0.1, -0.05) is 61.3 Å². The number of para-hydroxylation sites is 1. The van der Waals surface area contributed by atoms with Crippen LogP contribution in [0.5, 0.6) is 11.5 Å². The summed E-state index contributed by atoms with van der Waals surface area (Å²) in [6.07, 6.45) is -5.32. The van der Waals surface area contributed by atoms with Crippen LogP contribution < -0.4 is 37.8 Å². The third-order valence-corrected chi connectivity index (χ3v) is 9.81. The number of aliphatic hydroxyl groups excluding tert-OH is 3. The minimum Gasteiger partial charge on any atom is -0.454 e. The quantitative estimate of drug-likeness (QED) is 0.102. The first kappa shape index (κ1) is 47.0. The zero-order chi connectivity index (χ0) is 44.5. The van der Waals surface area contributed by atoms with Crippen LogP contribution >= 0.6 is 23.2 Å². The molecule has 3 amide bonds. The lowest BCUT2D eigenvalue weighted by molar-refractivity contribution is -0.212. The van der Waals surface area contributed by atoms with E-state index in [0.717, 1.165) is 10.8 Å². The number of aliphatic hydroxyl groups is 3. The second-order valence-electron chi connectivity index (χ2n) is 14.1. The first-order valence-corrected chi connectivity index (χ1v) is 18.8. The molecule has 1 saturated heterocycles. The van der Waals surface area contributed by atoms with Gasteiger partial charge in [0.15, 0.2) is 23.9 Å². The van der Waals surface area contributed by atoms with Crippen LogP contribution in [0.1, 0.15) is 31.7 Å². The number of likely N-dealkylation sites (N-methyl/N-ethyl adjacent to an activating group) is 1. The Hall–Kier alpha value is -5.66. The van der Waals surface area contributed by atoms with Crippen molar-refractivity contribution in [1.29, 1.82) is 5.26 Å². The van der Waals surface area contributed by atoms with Gasteiger partial charge in [-0.05, 0) is 54.8 Å². The third kappa shape index (κ3) is 11.5. The minimum atomic E-state index is -1.82. The lowest BCUT2D eigenvalue weighted by atomic mass is 9.94. The molecule has 2 aromatic carbocycles. The van der Waals surface area contributed by atoms with Crippen LogP contribution in [0.4, 0.5) is 10.2 Å². The van der Waals surface area contributed by atoms with E-state index in [9.17, 15) is 48.9 Å². The number of nitrogens with two attached hydrogens (primary N) is 2. The first-order valence-electron chi connectivity index (χ1n) is 18.0. The molecule has 2 aliphatic rings. The number of nitriles is 1. The van der Waals surface area contributed by atoms with Crippen LogP contribution in [0.25, 0.3) is 0 Å². The molecule has 19 nitrogen and oxygen atoms in total. The number of nitrogens with zero attached hydrogens (tertiary/aromatic N) is 3. The second-order valence-corrected chi connectivity index (χ2v) is 15.1. The zero-order valence-electron chi connectivity index (χ0n) is 32.2. The number of esters is 1. The summed E-state index contributed by atoms with van der Waals surface area (Å²) >= 11 is 11.4. The van der Waals surface area contributed by atoms with Gasteiger partial charge in [-0.3, -0.25) is 23.7 Å². The number of amides is 3. The Morgan fingerprint density at radius 2 is 1.82 bits per heavy atom. The van der Waals surface area contributed by atoms with Crippen molar-refractivity contribution in [3.05, 3.63) is 93.2 Å². The van der Waals surface area contributed by atoms with Gasteiger partial charge >= 0.3 is 11.7 Å². The summed E-state index contributed by atoms with van der Waals surface area (Å²) in [5, 5.41) is 46.9. The third-order valence-electron chi connectivity index (χ3n) is 9.56. The molecule has 2 heterocycles. The average Bonchev–Trinajstić information content (AvgIpc) is 3.74. The molecule has 1 aliphatic carbocycles. The van der Waals surface area contributed by atoms with E-state index in [1.165, 1.54) is 31.3 Å². The molecular weight excluding hydrogens is 834 g/mol. The summed E-state index contributed by atoms with van der Waals surface area (Å²) in [5.41, 5.74) is 9.74. The van der Waals surface area contributed by atoms with Gasteiger partial charge in [-0.15, -0.1) is 0 Å². The van der Waals surface area contributed by atoms with E-state index in [1.54, 1.807) is 30.3 Å². The number of hydrogen-bond acceptors (Lipinski definition) is 15. The molecule has 0 spiro atoms. The van der Waals surface area contributed by atoms with E-state index in [2.05, 4.69) is 20.9 Å². The highest BCUT2D eigenvalue weighted by atomic mass is 35.5. The van der Waals surface area contributed by atoms with E-state index < -0.39 is 90.5 Å². The van der Waals surface area contributed by atoms with E-state index in [0.29, 0.717) is 11.3 Å². The molecule has 0 radical (unpaired) electrons. The van der Waals surface area contributed by atoms with Gasteiger partial charge < -0.3 is 56.9 Å². The second kappa shape index (κ2) is 20.5. The topological polar surface area (TPSA) is 303 Å². The number of aromatic nitrogens is 2. The maximum absolute atomic E-state index is 14.2. The van der Waals surface area contributed by atoms with E-state index in [-0.39, 0.29) is 33.9 Å². The number of benzene rings is 2. The molecule has 322 valence electrons. The number of anilines is 1. The number of nitrogen functional groups attached to an aromatic ring is 1. The summed E-state index contributed by atoms with van der Waals surface area (Å²) in [6.45, 7) is 2.86. The van der Waals surface area contributed by atoms with Crippen molar-refractivity contribution >= 4 is 52.7 Å². The van der Waals surface area contributed by atoms with Crippen molar-refractivity contribution in [3.8, 4) is 17.6 Å². The molecule has 5 rings (SSSR count). The van der Waals surface area contributed by atoms with Crippen LogP contribution in [0.3, 0.4) is 0 Å². The zero-order valence-corrected chi connectivity index (χ0v) is 33.7. The van der Waals surface area contributed by atoms with Gasteiger partial charge in [-0.25, -0.2) is 9.18 Å². The fourth-order valence-corrected chi connectivity index (χ4v) is 6.58. The van der Waals surface area contributed by atoms with Crippen molar-refractivity contribution < 1.29 is 53.1 Å². The Bertz CT molecular complexity index is 2170. The predicted octanol–water partition coefficient (Wildman–Crippen LogP) is 0.428. The number of carbonyl (C=O) groups excluding carboxylic acids is 4. The maximum atomic E-state index is 14.2. The molecule has 0 unspecified atom stereocenters.